The number of nitrogens with zero attached hydrogens (tertiary/aromatic N) is 2. The third-order valence-electron chi connectivity index (χ3n) is 3.64. The van der Waals surface area contributed by atoms with Crippen molar-refractivity contribution in [2.75, 3.05) is 6.54 Å². The van der Waals surface area contributed by atoms with Crippen LogP contribution in [0.3, 0.4) is 0 Å². The topological polar surface area (TPSA) is 45.2 Å². The zero-order chi connectivity index (χ0) is 12.4. The number of carbonyl (C=O) groups is 1. The molecule has 96 valence electrons. The first-order valence-electron chi connectivity index (χ1n) is 6.76. The Balaban J connectivity index is 1.62. The van der Waals surface area contributed by atoms with Gasteiger partial charge in [0.2, 0.25) is 5.91 Å². The molecule has 0 bridgehead atoms. The van der Waals surface area contributed by atoms with Crippen LogP contribution in [0.2, 0.25) is 0 Å². The third kappa shape index (κ3) is 2.70. The van der Waals surface area contributed by atoms with Gasteiger partial charge in [-0.1, -0.05) is 6.07 Å². The highest BCUT2D eigenvalue weighted by atomic mass is 16.2. The molecule has 18 heavy (non-hydrogen) atoms. The van der Waals surface area contributed by atoms with E-state index in [1.807, 2.05) is 23.2 Å². The summed E-state index contributed by atoms with van der Waals surface area (Å²) in [6.07, 6.45) is 8.14. The van der Waals surface area contributed by atoms with E-state index in [1.54, 1.807) is 6.20 Å². The highest BCUT2D eigenvalue weighted by molar-refractivity contribution is 5.82. The lowest BCUT2D eigenvalue weighted by molar-refractivity contribution is -0.136. The third-order valence-corrected chi connectivity index (χ3v) is 3.64. The summed E-state index contributed by atoms with van der Waals surface area (Å²) in [4.78, 5) is 18.4. The van der Waals surface area contributed by atoms with Crippen LogP contribution < -0.4 is 5.32 Å². The summed E-state index contributed by atoms with van der Waals surface area (Å²) >= 11 is 0. The van der Waals surface area contributed by atoms with Crippen LogP contribution in [-0.4, -0.2) is 34.4 Å². The van der Waals surface area contributed by atoms with Crippen molar-refractivity contribution in [2.24, 2.45) is 0 Å². The Morgan fingerprint density at radius 2 is 2.28 bits per heavy atom. The van der Waals surface area contributed by atoms with Crippen molar-refractivity contribution in [1.29, 1.82) is 0 Å². The molecule has 1 aromatic rings. The summed E-state index contributed by atoms with van der Waals surface area (Å²) < 4.78 is 0. The van der Waals surface area contributed by atoms with Crippen LogP contribution in [0.15, 0.2) is 24.5 Å². The van der Waals surface area contributed by atoms with Crippen LogP contribution in [0, 0.1) is 0 Å². The maximum Gasteiger partial charge on any atom is 0.240 e. The molecular weight excluding hydrogens is 226 g/mol. The summed E-state index contributed by atoms with van der Waals surface area (Å²) in [5.74, 6) is 0.261. The number of hydrogen-bond acceptors (Lipinski definition) is 3. The van der Waals surface area contributed by atoms with Gasteiger partial charge in [-0.15, -0.1) is 0 Å². The molecular formula is C14H19N3O. The number of hydrogen-bond donors (Lipinski definition) is 1. The first kappa shape index (κ1) is 11.7. The molecule has 1 unspecified atom stereocenters. The highest BCUT2D eigenvalue weighted by Gasteiger charge is 2.33. The minimum atomic E-state index is 0.0444. The average molecular weight is 245 g/mol. The Labute approximate surface area is 107 Å². The standard InChI is InChI=1S/C14H19N3O/c18-14-13(16-12-5-6-12)4-2-8-17(14)10-11-3-1-7-15-9-11/h1,3,7,9,12-13,16H,2,4-6,8,10H2. The van der Waals surface area contributed by atoms with Gasteiger partial charge in [-0.25, -0.2) is 0 Å². The number of pyridine rings is 1. The first-order valence-corrected chi connectivity index (χ1v) is 6.76. The minimum Gasteiger partial charge on any atom is -0.337 e. The molecule has 4 heteroatoms. The average Bonchev–Trinajstić information content (AvgIpc) is 3.20. The van der Waals surface area contributed by atoms with Gasteiger partial charge in [0, 0.05) is 31.5 Å². The fourth-order valence-electron chi connectivity index (χ4n) is 2.50. The molecule has 1 saturated heterocycles. The number of rotatable bonds is 4. The van der Waals surface area contributed by atoms with E-state index >= 15 is 0 Å². The molecule has 0 spiro atoms. The van der Waals surface area contributed by atoms with Gasteiger partial charge in [0.05, 0.1) is 6.04 Å². The SMILES string of the molecule is O=C1C(NC2CC2)CCCN1Cc1cccnc1. The Morgan fingerprint density at radius 1 is 1.39 bits per heavy atom. The van der Waals surface area contributed by atoms with Gasteiger partial charge in [-0.3, -0.25) is 9.78 Å². The second-order valence-corrected chi connectivity index (χ2v) is 5.26. The van der Waals surface area contributed by atoms with Gasteiger partial charge >= 0.3 is 0 Å². The first-order chi connectivity index (χ1) is 8.83. The summed E-state index contributed by atoms with van der Waals surface area (Å²) in [6.45, 7) is 1.56. The lowest BCUT2D eigenvalue weighted by Crippen LogP contribution is -2.50. The monoisotopic (exact) mass is 245 g/mol. The zero-order valence-electron chi connectivity index (χ0n) is 10.5. The van der Waals surface area contributed by atoms with E-state index in [9.17, 15) is 4.79 Å². The van der Waals surface area contributed by atoms with Gasteiger partial charge in [-0.2, -0.15) is 0 Å². The Morgan fingerprint density at radius 3 is 3.00 bits per heavy atom. The highest BCUT2D eigenvalue weighted by Crippen LogP contribution is 2.23. The van der Waals surface area contributed by atoms with E-state index in [0.717, 1.165) is 24.9 Å². The van der Waals surface area contributed by atoms with Crippen LogP contribution in [-0.2, 0) is 11.3 Å². The van der Waals surface area contributed by atoms with E-state index in [4.69, 9.17) is 0 Å². The van der Waals surface area contributed by atoms with Crippen molar-refractivity contribution in [3.63, 3.8) is 0 Å². The maximum atomic E-state index is 12.3. The Hall–Kier alpha value is -1.42. The predicted octanol–water partition coefficient (Wildman–Crippen LogP) is 1.32. The molecule has 0 radical (unpaired) electrons. The van der Waals surface area contributed by atoms with Crippen molar-refractivity contribution in [2.45, 2.75) is 44.3 Å². The van der Waals surface area contributed by atoms with E-state index in [0.29, 0.717) is 12.6 Å². The largest absolute Gasteiger partial charge is 0.337 e. The van der Waals surface area contributed by atoms with Gasteiger partial charge < -0.3 is 10.2 Å². The van der Waals surface area contributed by atoms with E-state index < -0.39 is 0 Å². The number of likely N-dealkylation sites (tertiary alicyclic amines) is 1. The second kappa shape index (κ2) is 5.06. The van der Waals surface area contributed by atoms with Crippen LogP contribution in [0.4, 0.5) is 0 Å². The van der Waals surface area contributed by atoms with Crippen molar-refractivity contribution in [3.8, 4) is 0 Å². The fourth-order valence-corrected chi connectivity index (χ4v) is 2.50. The van der Waals surface area contributed by atoms with Gasteiger partial charge in [0.25, 0.3) is 0 Å². The second-order valence-electron chi connectivity index (χ2n) is 5.26. The number of nitrogens with one attached hydrogen (secondary N) is 1. The quantitative estimate of drug-likeness (QED) is 0.870. The molecule has 4 nitrogen and oxygen atoms in total. The Bertz CT molecular complexity index is 416. The summed E-state index contributed by atoms with van der Waals surface area (Å²) in [7, 11) is 0. The van der Waals surface area contributed by atoms with E-state index in [-0.39, 0.29) is 11.9 Å². The predicted molar refractivity (Wildman–Crippen MR) is 68.8 cm³/mol. The van der Waals surface area contributed by atoms with Crippen LogP contribution in [0.1, 0.15) is 31.2 Å². The van der Waals surface area contributed by atoms with Gasteiger partial charge in [0.15, 0.2) is 0 Å². The molecule has 0 aromatic carbocycles. The zero-order valence-corrected chi connectivity index (χ0v) is 10.5. The van der Waals surface area contributed by atoms with Gasteiger partial charge in [-0.05, 0) is 37.3 Å². The molecule has 3 rings (SSSR count). The van der Waals surface area contributed by atoms with Crippen LogP contribution >= 0.6 is 0 Å². The molecule has 2 heterocycles. The molecule has 1 amide bonds. The van der Waals surface area contributed by atoms with E-state index in [1.165, 1.54) is 12.8 Å². The molecule has 1 aliphatic heterocycles. The molecule has 1 N–H and O–H groups in total. The van der Waals surface area contributed by atoms with Crippen molar-refractivity contribution < 1.29 is 4.79 Å². The molecule has 1 aliphatic carbocycles. The number of amides is 1. The van der Waals surface area contributed by atoms with Crippen molar-refractivity contribution in [3.05, 3.63) is 30.1 Å². The summed E-state index contributed by atoms with van der Waals surface area (Å²) in [5, 5.41) is 3.45. The Kier molecular flexibility index (Phi) is 3.28. The molecule has 1 aromatic heterocycles. The van der Waals surface area contributed by atoms with Crippen LogP contribution in [0.5, 0.6) is 0 Å². The number of aromatic nitrogens is 1. The molecule has 2 aliphatic rings. The number of piperidine rings is 1. The van der Waals surface area contributed by atoms with Crippen molar-refractivity contribution in [1.82, 2.24) is 15.2 Å². The molecule has 1 saturated carbocycles. The fraction of sp³-hybridized carbons (Fsp3) is 0.571. The molecule has 1 atom stereocenters. The van der Waals surface area contributed by atoms with Crippen LogP contribution in [0.25, 0.3) is 0 Å². The van der Waals surface area contributed by atoms with Crippen molar-refractivity contribution >= 4 is 5.91 Å². The minimum absolute atomic E-state index is 0.0444. The number of carbonyl (C=O) groups excluding carboxylic acids is 1. The summed E-state index contributed by atoms with van der Waals surface area (Å²) in [6, 6.07) is 4.59. The van der Waals surface area contributed by atoms with E-state index in [2.05, 4.69) is 10.3 Å². The summed E-state index contributed by atoms with van der Waals surface area (Å²) in [5.41, 5.74) is 1.11. The molecule has 2 fully saturated rings. The smallest absolute Gasteiger partial charge is 0.240 e. The lowest BCUT2D eigenvalue weighted by atomic mass is 10.0. The normalized spacial score (nSPS) is 24.3. The van der Waals surface area contributed by atoms with Gasteiger partial charge in [0.1, 0.15) is 0 Å². The lowest BCUT2D eigenvalue weighted by Gasteiger charge is -2.32. The maximum absolute atomic E-state index is 12.3.